The third kappa shape index (κ3) is 4.18. The first kappa shape index (κ1) is 14.8. The Bertz CT molecular complexity index is 323. The number of aliphatic hydroxyl groups excluding tert-OH is 1. The molecule has 1 aliphatic rings. The van der Waals surface area contributed by atoms with Gasteiger partial charge in [0.15, 0.2) is 0 Å². The number of carboxylic acid groups (broad SMARTS) is 1. The molecule has 6 nitrogen and oxygen atoms in total. The SMILES string of the molecule is CC(C)(C)OC(=O)N1CCC[C@H](O)[C@H](C(=O)O)C1. The van der Waals surface area contributed by atoms with Crippen molar-refractivity contribution in [3.8, 4) is 0 Å². The van der Waals surface area contributed by atoms with Crippen LogP contribution in [0.1, 0.15) is 33.6 Å². The van der Waals surface area contributed by atoms with Gasteiger partial charge in [-0.2, -0.15) is 0 Å². The first-order valence-corrected chi connectivity index (χ1v) is 6.09. The minimum absolute atomic E-state index is 0.00852. The summed E-state index contributed by atoms with van der Waals surface area (Å²) in [5.41, 5.74) is -0.610. The van der Waals surface area contributed by atoms with Crippen molar-refractivity contribution in [2.45, 2.75) is 45.3 Å². The number of hydrogen-bond acceptors (Lipinski definition) is 4. The Balaban J connectivity index is 2.71. The number of aliphatic carboxylic acids is 1. The lowest BCUT2D eigenvalue weighted by Gasteiger charge is -2.27. The number of carbonyl (C=O) groups excluding carboxylic acids is 1. The van der Waals surface area contributed by atoms with Crippen molar-refractivity contribution in [1.29, 1.82) is 0 Å². The van der Waals surface area contributed by atoms with Crippen LogP contribution in [0, 0.1) is 5.92 Å². The number of amides is 1. The van der Waals surface area contributed by atoms with Gasteiger partial charge in [0.1, 0.15) is 11.5 Å². The second-order valence-electron chi connectivity index (χ2n) is 5.58. The van der Waals surface area contributed by atoms with Crippen LogP contribution in [0.5, 0.6) is 0 Å². The minimum atomic E-state index is -1.09. The van der Waals surface area contributed by atoms with E-state index >= 15 is 0 Å². The molecule has 0 aromatic heterocycles. The molecule has 1 rings (SSSR count). The van der Waals surface area contributed by atoms with Crippen LogP contribution in [0.15, 0.2) is 0 Å². The molecule has 2 atom stereocenters. The molecule has 0 spiro atoms. The molecule has 2 N–H and O–H groups in total. The first-order chi connectivity index (χ1) is 8.20. The minimum Gasteiger partial charge on any atom is -0.481 e. The molecule has 0 radical (unpaired) electrons. The van der Waals surface area contributed by atoms with E-state index in [0.717, 1.165) is 0 Å². The zero-order valence-electron chi connectivity index (χ0n) is 11.0. The van der Waals surface area contributed by atoms with Crippen LogP contribution in [0.3, 0.4) is 0 Å². The van der Waals surface area contributed by atoms with E-state index in [2.05, 4.69) is 0 Å². The van der Waals surface area contributed by atoms with Gasteiger partial charge in [0, 0.05) is 13.1 Å². The predicted molar refractivity (Wildman–Crippen MR) is 64.2 cm³/mol. The maximum absolute atomic E-state index is 11.9. The highest BCUT2D eigenvalue weighted by Crippen LogP contribution is 2.19. The molecule has 0 bridgehead atoms. The largest absolute Gasteiger partial charge is 0.481 e. The molecule has 104 valence electrons. The normalized spacial score (nSPS) is 25.4. The fourth-order valence-electron chi connectivity index (χ4n) is 1.88. The summed E-state index contributed by atoms with van der Waals surface area (Å²) in [5.74, 6) is -2.03. The van der Waals surface area contributed by atoms with Crippen molar-refractivity contribution in [1.82, 2.24) is 4.90 Å². The van der Waals surface area contributed by atoms with E-state index in [1.165, 1.54) is 4.90 Å². The van der Waals surface area contributed by atoms with Gasteiger partial charge in [0.25, 0.3) is 0 Å². The lowest BCUT2D eigenvalue weighted by atomic mass is 10.0. The number of likely N-dealkylation sites (tertiary alicyclic amines) is 1. The highest BCUT2D eigenvalue weighted by Gasteiger charge is 2.34. The van der Waals surface area contributed by atoms with Gasteiger partial charge < -0.3 is 19.8 Å². The van der Waals surface area contributed by atoms with E-state index in [1.54, 1.807) is 20.8 Å². The lowest BCUT2D eigenvalue weighted by Crippen LogP contribution is -2.42. The Hall–Kier alpha value is -1.30. The number of aliphatic hydroxyl groups is 1. The molecule has 1 aliphatic heterocycles. The van der Waals surface area contributed by atoms with Gasteiger partial charge in [0.2, 0.25) is 0 Å². The van der Waals surface area contributed by atoms with Crippen LogP contribution in [-0.4, -0.2) is 52.0 Å². The van der Waals surface area contributed by atoms with Gasteiger partial charge in [-0.15, -0.1) is 0 Å². The van der Waals surface area contributed by atoms with Crippen LogP contribution in [0.2, 0.25) is 0 Å². The number of ether oxygens (including phenoxy) is 1. The van der Waals surface area contributed by atoms with E-state index in [-0.39, 0.29) is 6.54 Å². The summed E-state index contributed by atoms with van der Waals surface area (Å²) >= 11 is 0. The standard InChI is InChI=1S/C12H21NO5/c1-12(2,3)18-11(17)13-6-4-5-9(14)8(7-13)10(15)16/h8-9,14H,4-7H2,1-3H3,(H,15,16)/t8-,9+/m1/s1. The van der Waals surface area contributed by atoms with Crippen LogP contribution in [0.4, 0.5) is 4.79 Å². The van der Waals surface area contributed by atoms with Gasteiger partial charge in [-0.1, -0.05) is 0 Å². The van der Waals surface area contributed by atoms with Crippen LogP contribution >= 0.6 is 0 Å². The van der Waals surface area contributed by atoms with Gasteiger partial charge in [-0.05, 0) is 33.6 Å². The number of hydrogen-bond donors (Lipinski definition) is 2. The summed E-state index contributed by atoms with van der Waals surface area (Å²) in [6.45, 7) is 5.67. The molecule has 0 unspecified atom stereocenters. The molecule has 18 heavy (non-hydrogen) atoms. The fraction of sp³-hybridized carbons (Fsp3) is 0.833. The Morgan fingerprint density at radius 1 is 1.33 bits per heavy atom. The third-order valence-electron chi connectivity index (χ3n) is 2.78. The summed E-state index contributed by atoms with van der Waals surface area (Å²) in [4.78, 5) is 24.3. The molecule has 0 aliphatic carbocycles. The number of carboxylic acids is 1. The van der Waals surface area contributed by atoms with E-state index in [4.69, 9.17) is 9.84 Å². The predicted octanol–water partition coefficient (Wildman–Crippen LogP) is 1.08. The summed E-state index contributed by atoms with van der Waals surface area (Å²) < 4.78 is 5.21. The number of rotatable bonds is 1. The van der Waals surface area contributed by atoms with Crippen LogP contribution in [0.25, 0.3) is 0 Å². The van der Waals surface area contributed by atoms with Gasteiger partial charge in [-0.25, -0.2) is 4.79 Å². The summed E-state index contributed by atoms with van der Waals surface area (Å²) in [5, 5.41) is 18.7. The van der Waals surface area contributed by atoms with Crippen molar-refractivity contribution in [3.63, 3.8) is 0 Å². The third-order valence-corrected chi connectivity index (χ3v) is 2.78. The molecule has 1 amide bonds. The zero-order valence-corrected chi connectivity index (χ0v) is 11.0. The highest BCUT2D eigenvalue weighted by atomic mass is 16.6. The molecule has 0 saturated carbocycles. The highest BCUT2D eigenvalue weighted by molar-refractivity contribution is 5.73. The number of carbonyl (C=O) groups is 2. The van der Waals surface area contributed by atoms with E-state index < -0.39 is 29.7 Å². The summed E-state index contributed by atoms with van der Waals surface area (Å²) in [6, 6.07) is 0. The monoisotopic (exact) mass is 259 g/mol. The first-order valence-electron chi connectivity index (χ1n) is 6.09. The second kappa shape index (κ2) is 5.56. The van der Waals surface area contributed by atoms with Crippen molar-refractivity contribution in [2.24, 2.45) is 5.92 Å². The molecule has 1 saturated heterocycles. The molecule has 6 heteroatoms. The molecule has 0 aromatic carbocycles. The van der Waals surface area contributed by atoms with E-state index in [0.29, 0.717) is 19.4 Å². The topological polar surface area (TPSA) is 87.1 Å². The Kier molecular flexibility index (Phi) is 4.56. The zero-order chi connectivity index (χ0) is 13.9. The van der Waals surface area contributed by atoms with E-state index in [1.807, 2.05) is 0 Å². The van der Waals surface area contributed by atoms with Crippen LogP contribution in [-0.2, 0) is 9.53 Å². The summed E-state index contributed by atoms with van der Waals surface area (Å²) in [7, 11) is 0. The lowest BCUT2D eigenvalue weighted by molar-refractivity contribution is -0.146. The van der Waals surface area contributed by atoms with Crippen molar-refractivity contribution in [3.05, 3.63) is 0 Å². The fourth-order valence-corrected chi connectivity index (χ4v) is 1.88. The Labute approximate surface area is 107 Å². The molecular weight excluding hydrogens is 238 g/mol. The van der Waals surface area contributed by atoms with Gasteiger partial charge >= 0.3 is 12.1 Å². The summed E-state index contributed by atoms with van der Waals surface area (Å²) in [6.07, 6.45) is -0.474. The van der Waals surface area contributed by atoms with Gasteiger partial charge in [-0.3, -0.25) is 4.79 Å². The quantitative estimate of drug-likeness (QED) is 0.735. The molecular formula is C12H21NO5. The average molecular weight is 259 g/mol. The van der Waals surface area contributed by atoms with E-state index in [9.17, 15) is 14.7 Å². The van der Waals surface area contributed by atoms with Crippen LogP contribution < -0.4 is 0 Å². The van der Waals surface area contributed by atoms with Gasteiger partial charge in [0.05, 0.1) is 6.10 Å². The van der Waals surface area contributed by atoms with Crippen molar-refractivity contribution >= 4 is 12.1 Å². The Morgan fingerprint density at radius 3 is 2.44 bits per heavy atom. The maximum atomic E-state index is 11.9. The van der Waals surface area contributed by atoms with Crippen molar-refractivity contribution < 1.29 is 24.5 Å². The van der Waals surface area contributed by atoms with Crippen molar-refractivity contribution in [2.75, 3.05) is 13.1 Å². The molecule has 1 fully saturated rings. The Morgan fingerprint density at radius 2 is 1.94 bits per heavy atom. The molecule has 1 heterocycles. The number of nitrogens with zero attached hydrogens (tertiary/aromatic N) is 1. The smallest absolute Gasteiger partial charge is 0.410 e. The molecule has 0 aromatic rings. The maximum Gasteiger partial charge on any atom is 0.410 e. The second-order valence-corrected chi connectivity index (χ2v) is 5.58. The average Bonchev–Trinajstić information content (AvgIpc) is 2.37.